The van der Waals surface area contributed by atoms with Gasteiger partial charge in [-0.25, -0.2) is 4.79 Å². The lowest BCUT2D eigenvalue weighted by atomic mass is 10.1. The van der Waals surface area contributed by atoms with Crippen LogP contribution in [0.15, 0.2) is 51.8 Å². The molecule has 0 aliphatic carbocycles. The number of ether oxygens (including phenoxy) is 2. The average molecular weight is 490 g/mol. The second-order valence-electron chi connectivity index (χ2n) is 8.08. The van der Waals surface area contributed by atoms with Crippen molar-refractivity contribution in [3.8, 4) is 11.5 Å². The van der Waals surface area contributed by atoms with E-state index in [-0.39, 0.29) is 16.2 Å². The number of benzene rings is 2. The van der Waals surface area contributed by atoms with E-state index in [2.05, 4.69) is 23.1 Å². The van der Waals surface area contributed by atoms with Crippen molar-refractivity contribution in [2.45, 2.75) is 44.4 Å². The molecule has 186 valence electrons. The summed E-state index contributed by atoms with van der Waals surface area (Å²) in [4.78, 5) is 15.9. The summed E-state index contributed by atoms with van der Waals surface area (Å²) in [5.74, 6) is -0.0120. The molecule has 2 rings (SSSR count). The van der Waals surface area contributed by atoms with E-state index < -0.39 is 16.0 Å². The first kappa shape index (κ1) is 27.2. The molecule has 0 aliphatic heterocycles. The highest BCUT2D eigenvalue weighted by atomic mass is 32.2. The molecule has 0 heterocycles. The summed E-state index contributed by atoms with van der Waals surface area (Å²) in [5, 5.41) is 0. The monoisotopic (exact) mass is 489 g/mol. The highest BCUT2D eigenvalue weighted by Crippen LogP contribution is 2.41. The third kappa shape index (κ3) is 7.48. The van der Waals surface area contributed by atoms with E-state index in [1.54, 1.807) is 32.3 Å². The number of carbonyl (C=O) groups excluding carboxylic acids is 1. The van der Waals surface area contributed by atoms with Crippen LogP contribution in [0.4, 0.5) is 5.69 Å². The third-order valence-electron chi connectivity index (χ3n) is 5.02. The topological polar surface area (TPSA) is 88.5 Å². The van der Waals surface area contributed by atoms with E-state index >= 15 is 0 Å². The number of anilines is 1. The van der Waals surface area contributed by atoms with Crippen LogP contribution in [0.2, 0.25) is 0 Å². The van der Waals surface area contributed by atoms with Crippen molar-refractivity contribution in [2.24, 2.45) is 4.40 Å². The Morgan fingerprint density at radius 3 is 2.18 bits per heavy atom. The summed E-state index contributed by atoms with van der Waals surface area (Å²) in [6.45, 7) is 5.56. The lowest BCUT2D eigenvalue weighted by molar-refractivity contribution is 0.0600. The van der Waals surface area contributed by atoms with Crippen LogP contribution in [-0.2, 0) is 14.8 Å². The molecule has 0 saturated heterocycles. The fourth-order valence-electron chi connectivity index (χ4n) is 3.22. The number of hydrogen-bond donors (Lipinski definition) is 0. The molecular weight excluding hydrogens is 454 g/mol. The van der Waals surface area contributed by atoms with E-state index in [9.17, 15) is 13.2 Å². The van der Waals surface area contributed by atoms with E-state index in [1.165, 1.54) is 24.4 Å². The van der Waals surface area contributed by atoms with Crippen molar-refractivity contribution in [1.29, 1.82) is 0 Å². The summed E-state index contributed by atoms with van der Waals surface area (Å²) in [6, 6.07) is 11.9. The van der Waals surface area contributed by atoms with Crippen LogP contribution in [0.5, 0.6) is 11.5 Å². The third-order valence-corrected chi connectivity index (χ3v) is 6.25. The number of rotatable bonds is 13. The molecule has 0 atom stereocenters. The van der Waals surface area contributed by atoms with Gasteiger partial charge in [-0.1, -0.05) is 44.9 Å². The fraction of sp³-hybridized carbons (Fsp3) is 0.440. The predicted octanol–water partition coefficient (Wildman–Crippen LogP) is 4.95. The Morgan fingerprint density at radius 2 is 1.65 bits per heavy atom. The Kier molecular flexibility index (Phi) is 10.4. The van der Waals surface area contributed by atoms with Gasteiger partial charge in [0.15, 0.2) is 5.75 Å². The molecule has 2 aromatic rings. The van der Waals surface area contributed by atoms with Crippen LogP contribution >= 0.6 is 0 Å². The van der Waals surface area contributed by atoms with Gasteiger partial charge in [0.25, 0.3) is 10.0 Å². The number of esters is 1. The zero-order valence-corrected chi connectivity index (χ0v) is 21.5. The Labute approximate surface area is 203 Å². The van der Waals surface area contributed by atoms with Gasteiger partial charge >= 0.3 is 5.97 Å². The van der Waals surface area contributed by atoms with Gasteiger partial charge in [-0.05, 0) is 37.1 Å². The maximum atomic E-state index is 13.3. The van der Waals surface area contributed by atoms with Gasteiger partial charge in [-0.15, -0.1) is 4.40 Å². The molecule has 0 spiro atoms. The second kappa shape index (κ2) is 13.0. The molecule has 0 saturated carbocycles. The zero-order chi connectivity index (χ0) is 25.1. The Morgan fingerprint density at radius 1 is 1.03 bits per heavy atom. The minimum Gasteiger partial charge on any atom is -0.465 e. The van der Waals surface area contributed by atoms with Gasteiger partial charge < -0.3 is 19.3 Å². The van der Waals surface area contributed by atoms with Gasteiger partial charge in [0.05, 0.1) is 18.4 Å². The smallest absolute Gasteiger partial charge is 0.337 e. The molecule has 9 heteroatoms. The Bertz CT molecular complexity index is 1060. The van der Waals surface area contributed by atoms with E-state index in [0.29, 0.717) is 24.5 Å². The molecule has 0 aromatic heterocycles. The quantitative estimate of drug-likeness (QED) is 0.223. The highest BCUT2D eigenvalue weighted by Gasteiger charge is 2.28. The molecule has 0 radical (unpaired) electrons. The van der Waals surface area contributed by atoms with Crippen molar-refractivity contribution in [3.63, 3.8) is 0 Å². The van der Waals surface area contributed by atoms with Gasteiger partial charge in [0.2, 0.25) is 0 Å². The molecule has 8 nitrogen and oxygen atoms in total. The van der Waals surface area contributed by atoms with Crippen molar-refractivity contribution >= 4 is 28.0 Å². The lowest BCUT2D eigenvalue weighted by Crippen LogP contribution is -2.27. The fourth-order valence-corrected chi connectivity index (χ4v) is 4.31. The number of methoxy groups -OCH3 is 1. The molecule has 0 N–H and O–H groups in total. The SMILES string of the molecule is CCCCN(CCCC)c1cc(C(=O)OC)cc(S(=O)(=O)/N=C/N(C)C)c1Oc1ccccc1. The van der Waals surface area contributed by atoms with Crippen LogP contribution in [0, 0.1) is 0 Å². The van der Waals surface area contributed by atoms with Gasteiger partial charge in [0, 0.05) is 27.2 Å². The van der Waals surface area contributed by atoms with Crippen molar-refractivity contribution in [1.82, 2.24) is 4.90 Å². The molecule has 34 heavy (non-hydrogen) atoms. The standard InChI is InChI=1S/C25H35N3O5S/c1-6-8-15-28(16-9-7-2)22-17-20(25(29)32-5)18-23(34(30,31)26-19-27(3)4)24(22)33-21-13-11-10-12-14-21/h10-14,17-19H,6-9,15-16H2,1-5H3/b26-19+. The van der Waals surface area contributed by atoms with Crippen molar-refractivity contribution < 1.29 is 22.7 Å². The van der Waals surface area contributed by atoms with E-state index in [0.717, 1.165) is 25.7 Å². The Hall–Kier alpha value is -3.07. The average Bonchev–Trinajstić information content (AvgIpc) is 2.83. The van der Waals surface area contributed by atoms with E-state index in [1.807, 2.05) is 18.2 Å². The zero-order valence-electron chi connectivity index (χ0n) is 20.7. The number of unbranched alkanes of at least 4 members (excludes halogenated alkanes) is 2. The number of sulfonamides is 1. The van der Waals surface area contributed by atoms with Gasteiger partial charge in [0.1, 0.15) is 17.0 Å². The maximum Gasteiger partial charge on any atom is 0.337 e. The van der Waals surface area contributed by atoms with Crippen LogP contribution in [0.25, 0.3) is 0 Å². The summed E-state index contributed by atoms with van der Waals surface area (Å²) in [5.41, 5.74) is 0.641. The van der Waals surface area contributed by atoms with Crippen molar-refractivity contribution in [3.05, 3.63) is 48.0 Å². The minimum absolute atomic E-state index is 0.120. The highest BCUT2D eigenvalue weighted by molar-refractivity contribution is 7.90. The van der Waals surface area contributed by atoms with Crippen LogP contribution in [0.3, 0.4) is 0 Å². The first-order valence-corrected chi connectivity index (χ1v) is 12.9. The maximum absolute atomic E-state index is 13.3. The number of carbonyl (C=O) groups is 1. The van der Waals surface area contributed by atoms with Crippen LogP contribution in [-0.4, -0.2) is 59.9 Å². The van der Waals surface area contributed by atoms with Crippen LogP contribution < -0.4 is 9.64 Å². The first-order chi connectivity index (χ1) is 16.2. The molecule has 0 aliphatic rings. The molecular formula is C25H35N3O5S. The molecule has 2 aromatic carbocycles. The van der Waals surface area contributed by atoms with Crippen LogP contribution in [0.1, 0.15) is 49.9 Å². The summed E-state index contributed by atoms with van der Waals surface area (Å²) < 4.78 is 41.6. The predicted molar refractivity (Wildman–Crippen MR) is 136 cm³/mol. The van der Waals surface area contributed by atoms with Gasteiger partial charge in [-0.2, -0.15) is 8.42 Å². The second-order valence-corrected chi connectivity index (χ2v) is 9.68. The Balaban J connectivity index is 2.83. The summed E-state index contributed by atoms with van der Waals surface area (Å²) in [6.07, 6.45) is 4.94. The lowest BCUT2D eigenvalue weighted by Gasteiger charge is -2.28. The normalized spacial score (nSPS) is 11.4. The number of para-hydroxylation sites is 1. The van der Waals surface area contributed by atoms with E-state index in [4.69, 9.17) is 9.47 Å². The molecule has 0 fully saturated rings. The van der Waals surface area contributed by atoms with Crippen molar-refractivity contribution in [2.75, 3.05) is 39.2 Å². The molecule has 0 amide bonds. The summed E-state index contributed by atoms with van der Waals surface area (Å²) >= 11 is 0. The molecule has 0 unspecified atom stereocenters. The first-order valence-electron chi connectivity index (χ1n) is 11.4. The number of nitrogens with zero attached hydrogens (tertiary/aromatic N) is 3. The van der Waals surface area contributed by atoms with Gasteiger partial charge in [-0.3, -0.25) is 0 Å². The largest absolute Gasteiger partial charge is 0.465 e. The summed E-state index contributed by atoms with van der Waals surface area (Å²) in [7, 11) is 0.415. The minimum atomic E-state index is -4.20. The molecule has 0 bridgehead atoms. The number of hydrogen-bond acceptors (Lipinski definition) is 6.